The Labute approximate surface area is 127 Å². The summed E-state index contributed by atoms with van der Waals surface area (Å²) in [6.07, 6.45) is 6.37. The average Bonchev–Trinajstić information content (AvgIpc) is 2.52. The zero-order valence-corrected chi connectivity index (χ0v) is 12.9. The number of nitrogens with two attached hydrogens (primary N) is 1. The van der Waals surface area contributed by atoms with E-state index >= 15 is 0 Å². The van der Waals surface area contributed by atoms with Gasteiger partial charge in [-0.2, -0.15) is 0 Å². The molecule has 2 aromatic carbocycles. The predicted octanol–water partition coefficient (Wildman–Crippen LogP) is 4.04. The Hall–Kier alpha value is -1.38. The summed E-state index contributed by atoms with van der Waals surface area (Å²) in [5.74, 6) is 7.42. The molecule has 1 aliphatic carbocycles. The van der Waals surface area contributed by atoms with Crippen molar-refractivity contribution in [2.45, 2.75) is 45.1 Å². The van der Waals surface area contributed by atoms with Crippen LogP contribution in [0.1, 0.15) is 38.2 Å². The van der Waals surface area contributed by atoms with Crippen molar-refractivity contribution in [2.24, 2.45) is 17.7 Å². The van der Waals surface area contributed by atoms with Crippen molar-refractivity contribution in [1.82, 2.24) is 5.43 Å². The standard InChI is InChI=1S/C19H26N2/c1-14-5-4-8-18(11-14)19(21-20)13-15-9-10-16-6-2-3-7-17(16)12-15/h2-3,6-7,9-10,12,14,18-19,21H,4-5,8,11,13,20H2,1H3. The van der Waals surface area contributed by atoms with E-state index in [0.717, 1.165) is 12.3 Å². The Morgan fingerprint density at radius 1 is 1.14 bits per heavy atom. The van der Waals surface area contributed by atoms with Crippen molar-refractivity contribution >= 4 is 10.8 Å². The molecule has 112 valence electrons. The summed E-state index contributed by atoms with van der Waals surface area (Å²) in [7, 11) is 0. The van der Waals surface area contributed by atoms with Crippen LogP contribution < -0.4 is 11.3 Å². The summed E-state index contributed by atoms with van der Waals surface area (Å²) in [4.78, 5) is 0. The van der Waals surface area contributed by atoms with E-state index in [4.69, 9.17) is 5.84 Å². The third-order valence-corrected chi connectivity index (χ3v) is 5.03. The van der Waals surface area contributed by atoms with Gasteiger partial charge in [-0.05, 0) is 47.4 Å². The minimum absolute atomic E-state index is 0.397. The first-order valence-electron chi connectivity index (χ1n) is 8.20. The second kappa shape index (κ2) is 6.59. The molecule has 3 N–H and O–H groups in total. The van der Waals surface area contributed by atoms with Crippen LogP contribution in [0.5, 0.6) is 0 Å². The molecule has 2 aromatic rings. The zero-order chi connectivity index (χ0) is 14.7. The Morgan fingerprint density at radius 2 is 1.95 bits per heavy atom. The lowest BCUT2D eigenvalue weighted by Crippen LogP contribution is -2.43. The molecule has 0 radical (unpaired) electrons. The summed E-state index contributed by atoms with van der Waals surface area (Å²) in [6, 6.07) is 15.7. The molecule has 0 bridgehead atoms. The van der Waals surface area contributed by atoms with E-state index in [9.17, 15) is 0 Å². The Morgan fingerprint density at radius 3 is 2.71 bits per heavy atom. The fraction of sp³-hybridized carbons (Fsp3) is 0.474. The van der Waals surface area contributed by atoms with E-state index in [0.29, 0.717) is 12.0 Å². The van der Waals surface area contributed by atoms with Crippen LogP contribution in [0.3, 0.4) is 0 Å². The predicted molar refractivity (Wildman–Crippen MR) is 89.9 cm³/mol. The normalized spacial score (nSPS) is 24.1. The van der Waals surface area contributed by atoms with Crippen LogP contribution in [0, 0.1) is 11.8 Å². The number of nitrogens with one attached hydrogen (secondary N) is 1. The van der Waals surface area contributed by atoms with Gasteiger partial charge in [0.1, 0.15) is 0 Å². The topological polar surface area (TPSA) is 38.0 Å². The molecule has 3 atom stereocenters. The molecular weight excluding hydrogens is 256 g/mol. The summed E-state index contributed by atoms with van der Waals surface area (Å²) in [5.41, 5.74) is 4.47. The molecule has 0 saturated heterocycles. The minimum Gasteiger partial charge on any atom is -0.271 e. The molecular formula is C19H26N2. The highest BCUT2D eigenvalue weighted by Crippen LogP contribution is 2.32. The van der Waals surface area contributed by atoms with E-state index in [1.807, 2.05) is 0 Å². The molecule has 1 aliphatic rings. The molecule has 3 unspecified atom stereocenters. The maximum Gasteiger partial charge on any atom is 0.0279 e. The Kier molecular flexibility index (Phi) is 4.57. The van der Waals surface area contributed by atoms with Gasteiger partial charge >= 0.3 is 0 Å². The number of rotatable bonds is 4. The van der Waals surface area contributed by atoms with Gasteiger partial charge in [-0.15, -0.1) is 0 Å². The monoisotopic (exact) mass is 282 g/mol. The fourth-order valence-corrected chi connectivity index (χ4v) is 3.83. The highest BCUT2D eigenvalue weighted by atomic mass is 15.2. The number of benzene rings is 2. The van der Waals surface area contributed by atoms with Gasteiger partial charge in [-0.25, -0.2) is 0 Å². The minimum atomic E-state index is 0.397. The van der Waals surface area contributed by atoms with Crippen molar-refractivity contribution in [2.75, 3.05) is 0 Å². The van der Waals surface area contributed by atoms with Crippen molar-refractivity contribution in [1.29, 1.82) is 0 Å². The first kappa shape index (κ1) is 14.6. The summed E-state index contributed by atoms with van der Waals surface area (Å²) in [6.45, 7) is 2.37. The molecule has 1 fully saturated rings. The lowest BCUT2D eigenvalue weighted by Gasteiger charge is -2.33. The number of fused-ring (bicyclic) bond motifs is 1. The Bertz CT molecular complexity index is 593. The maximum atomic E-state index is 5.86. The second-order valence-corrected chi connectivity index (χ2v) is 6.69. The Balaban J connectivity index is 1.75. The van der Waals surface area contributed by atoms with Crippen molar-refractivity contribution in [3.05, 3.63) is 48.0 Å². The van der Waals surface area contributed by atoms with Crippen LogP contribution in [0.2, 0.25) is 0 Å². The molecule has 1 saturated carbocycles. The van der Waals surface area contributed by atoms with E-state index in [2.05, 4.69) is 54.8 Å². The van der Waals surface area contributed by atoms with Gasteiger partial charge in [0.05, 0.1) is 0 Å². The second-order valence-electron chi connectivity index (χ2n) is 6.69. The molecule has 0 amide bonds. The SMILES string of the molecule is CC1CCCC(C(Cc2ccc3ccccc3c2)NN)C1. The van der Waals surface area contributed by atoms with Crippen LogP contribution in [0.15, 0.2) is 42.5 Å². The van der Waals surface area contributed by atoms with Crippen LogP contribution >= 0.6 is 0 Å². The van der Waals surface area contributed by atoms with Gasteiger partial charge in [0.15, 0.2) is 0 Å². The molecule has 0 heterocycles. The molecule has 3 rings (SSSR count). The average molecular weight is 282 g/mol. The highest BCUT2D eigenvalue weighted by molar-refractivity contribution is 5.82. The molecule has 0 aromatic heterocycles. The number of hydrogen-bond acceptors (Lipinski definition) is 2. The third kappa shape index (κ3) is 3.45. The summed E-state index contributed by atoms with van der Waals surface area (Å²) >= 11 is 0. The fourth-order valence-electron chi connectivity index (χ4n) is 3.83. The largest absolute Gasteiger partial charge is 0.271 e. The van der Waals surface area contributed by atoms with Crippen molar-refractivity contribution in [3.8, 4) is 0 Å². The van der Waals surface area contributed by atoms with Gasteiger partial charge in [0.25, 0.3) is 0 Å². The highest BCUT2D eigenvalue weighted by Gasteiger charge is 2.26. The molecule has 2 heteroatoms. The maximum absolute atomic E-state index is 5.86. The smallest absolute Gasteiger partial charge is 0.0279 e. The van der Waals surface area contributed by atoms with Crippen LogP contribution in [0.25, 0.3) is 10.8 Å². The number of hydrogen-bond donors (Lipinski definition) is 2. The first-order valence-corrected chi connectivity index (χ1v) is 8.20. The van der Waals surface area contributed by atoms with E-state index in [1.54, 1.807) is 0 Å². The lowest BCUT2D eigenvalue weighted by atomic mass is 9.77. The third-order valence-electron chi connectivity index (χ3n) is 5.03. The summed E-state index contributed by atoms with van der Waals surface area (Å²) < 4.78 is 0. The van der Waals surface area contributed by atoms with Crippen LogP contribution in [-0.2, 0) is 6.42 Å². The van der Waals surface area contributed by atoms with Gasteiger partial charge in [-0.3, -0.25) is 11.3 Å². The van der Waals surface area contributed by atoms with E-state index in [1.165, 1.54) is 42.0 Å². The van der Waals surface area contributed by atoms with Gasteiger partial charge in [0.2, 0.25) is 0 Å². The summed E-state index contributed by atoms with van der Waals surface area (Å²) in [5, 5.41) is 2.63. The molecule has 0 spiro atoms. The van der Waals surface area contributed by atoms with Gasteiger partial charge in [-0.1, -0.05) is 62.2 Å². The van der Waals surface area contributed by atoms with Crippen molar-refractivity contribution in [3.63, 3.8) is 0 Å². The molecule has 21 heavy (non-hydrogen) atoms. The lowest BCUT2D eigenvalue weighted by molar-refractivity contribution is 0.222. The van der Waals surface area contributed by atoms with Gasteiger partial charge in [0, 0.05) is 6.04 Å². The first-order chi connectivity index (χ1) is 10.3. The molecule has 2 nitrogen and oxygen atoms in total. The quantitative estimate of drug-likeness (QED) is 0.656. The van der Waals surface area contributed by atoms with Crippen LogP contribution in [0.4, 0.5) is 0 Å². The van der Waals surface area contributed by atoms with E-state index < -0.39 is 0 Å². The zero-order valence-electron chi connectivity index (χ0n) is 12.9. The van der Waals surface area contributed by atoms with Crippen molar-refractivity contribution < 1.29 is 0 Å². The van der Waals surface area contributed by atoms with Gasteiger partial charge < -0.3 is 0 Å². The number of hydrazine groups is 1. The van der Waals surface area contributed by atoms with Crippen LogP contribution in [-0.4, -0.2) is 6.04 Å². The van der Waals surface area contributed by atoms with E-state index in [-0.39, 0.29) is 0 Å². The molecule has 0 aliphatic heterocycles.